The Hall–Kier alpha value is -2.81. The van der Waals surface area contributed by atoms with E-state index in [0.717, 1.165) is 5.69 Å². The fraction of sp³-hybridized carbons (Fsp3) is 0.316. The Morgan fingerprint density at radius 2 is 1.82 bits per heavy atom. The van der Waals surface area contributed by atoms with Gasteiger partial charge in [-0.2, -0.15) is 0 Å². The minimum absolute atomic E-state index is 0.0395. The zero-order valence-corrected chi connectivity index (χ0v) is 17.1. The number of benzene rings is 1. The van der Waals surface area contributed by atoms with Crippen LogP contribution in [0.15, 0.2) is 39.4 Å². The summed E-state index contributed by atoms with van der Waals surface area (Å²) in [6.45, 7) is 3.96. The third-order valence-electron chi connectivity index (χ3n) is 4.53. The molecule has 1 aliphatic rings. The summed E-state index contributed by atoms with van der Waals surface area (Å²) in [5, 5.41) is 2.81. The van der Waals surface area contributed by atoms with E-state index in [1.165, 1.54) is 7.11 Å². The molecule has 0 radical (unpaired) electrons. The number of carbonyl (C=O) groups excluding carboxylic acids is 3. The summed E-state index contributed by atoms with van der Waals surface area (Å²) in [4.78, 5) is 39.8. The van der Waals surface area contributed by atoms with E-state index in [9.17, 15) is 14.4 Å². The Morgan fingerprint density at radius 3 is 2.39 bits per heavy atom. The molecule has 0 spiro atoms. The van der Waals surface area contributed by atoms with Crippen LogP contribution in [0.3, 0.4) is 0 Å². The molecule has 0 saturated carbocycles. The molecule has 1 saturated heterocycles. The van der Waals surface area contributed by atoms with Gasteiger partial charge in [-0.1, -0.05) is 0 Å². The molecule has 2 amide bonds. The van der Waals surface area contributed by atoms with E-state index in [2.05, 4.69) is 26.1 Å². The van der Waals surface area contributed by atoms with Gasteiger partial charge in [-0.25, -0.2) is 4.79 Å². The van der Waals surface area contributed by atoms with Crippen molar-refractivity contribution in [2.24, 2.45) is 0 Å². The summed E-state index contributed by atoms with van der Waals surface area (Å²) < 4.78 is 10.5. The van der Waals surface area contributed by atoms with Gasteiger partial charge in [0.1, 0.15) is 0 Å². The Morgan fingerprint density at radius 1 is 1.11 bits per heavy atom. The summed E-state index contributed by atoms with van der Waals surface area (Å²) in [6, 6.07) is 8.17. The summed E-state index contributed by atoms with van der Waals surface area (Å²) in [7, 11) is 1.30. The van der Waals surface area contributed by atoms with Gasteiger partial charge in [-0.3, -0.25) is 9.59 Å². The minimum Gasteiger partial charge on any atom is -0.465 e. The van der Waals surface area contributed by atoms with E-state index in [-0.39, 0.29) is 11.7 Å². The van der Waals surface area contributed by atoms with Crippen molar-refractivity contribution in [2.45, 2.75) is 6.92 Å². The van der Waals surface area contributed by atoms with Gasteiger partial charge in [0, 0.05) is 33.1 Å². The molecule has 1 aromatic heterocycles. The van der Waals surface area contributed by atoms with Crippen molar-refractivity contribution in [3.8, 4) is 0 Å². The molecule has 2 aromatic rings. The number of hydrogen-bond acceptors (Lipinski definition) is 6. The van der Waals surface area contributed by atoms with Crippen molar-refractivity contribution in [3.05, 3.63) is 46.3 Å². The van der Waals surface area contributed by atoms with Gasteiger partial charge >= 0.3 is 5.97 Å². The zero-order chi connectivity index (χ0) is 20.3. The van der Waals surface area contributed by atoms with Crippen LogP contribution in [0.1, 0.15) is 27.8 Å². The molecule has 1 aliphatic heterocycles. The highest BCUT2D eigenvalue weighted by Crippen LogP contribution is 2.29. The van der Waals surface area contributed by atoms with E-state index in [4.69, 9.17) is 9.15 Å². The number of rotatable bonds is 4. The van der Waals surface area contributed by atoms with Crippen LogP contribution >= 0.6 is 15.9 Å². The van der Waals surface area contributed by atoms with Crippen LogP contribution in [-0.4, -0.2) is 56.0 Å². The SMILES string of the molecule is COC(=O)c1ccc(N2CCN(C(C)=O)CC2)c(NC(=O)c2ccc(Br)o2)c1. The normalized spacial score (nSPS) is 14.0. The van der Waals surface area contributed by atoms with E-state index in [1.807, 2.05) is 0 Å². The van der Waals surface area contributed by atoms with E-state index < -0.39 is 11.9 Å². The van der Waals surface area contributed by atoms with Gasteiger partial charge in [-0.15, -0.1) is 0 Å². The molecule has 0 unspecified atom stereocenters. The second-order valence-electron chi connectivity index (χ2n) is 6.27. The predicted molar refractivity (Wildman–Crippen MR) is 107 cm³/mol. The molecular weight excluding hydrogens is 430 g/mol. The summed E-state index contributed by atoms with van der Waals surface area (Å²) in [5.74, 6) is -0.749. The molecule has 0 atom stereocenters. The minimum atomic E-state index is -0.496. The number of piperazine rings is 1. The molecule has 0 aliphatic carbocycles. The summed E-state index contributed by atoms with van der Waals surface area (Å²) >= 11 is 3.17. The summed E-state index contributed by atoms with van der Waals surface area (Å²) in [5.41, 5.74) is 1.55. The van der Waals surface area contributed by atoms with Crippen LogP contribution in [-0.2, 0) is 9.53 Å². The number of amides is 2. The van der Waals surface area contributed by atoms with E-state index in [1.54, 1.807) is 42.2 Å². The van der Waals surface area contributed by atoms with Gasteiger partial charge < -0.3 is 24.3 Å². The number of ether oxygens (including phenoxy) is 1. The predicted octanol–water partition coefficient (Wildman–Crippen LogP) is 2.75. The van der Waals surface area contributed by atoms with Crippen LogP contribution < -0.4 is 10.2 Å². The molecule has 2 heterocycles. The highest BCUT2D eigenvalue weighted by molar-refractivity contribution is 9.10. The summed E-state index contributed by atoms with van der Waals surface area (Å²) in [6.07, 6.45) is 0. The highest BCUT2D eigenvalue weighted by atomic mass is 79.9. The van der Waals surface area contributed by atoms with Crippen molar-refractivity contribution < 1.29 is 23.5 Å². The second kappa shape index (κ2) is 8.47. The molecule has 1 N–H and O–H groups in total. The first-order valence-corrected chi connectivity index (χ1v) is 9.48. The number of nitrogens with one attached hydrogen (secondary N) is 1. The van der Waals surface area contributed by atoms with Crippen molar-refractivity contribution in [2.75, 3.05) is 43.5 Å². The van der Waals surface area contributed by atoms with Crippen LogP contribution in [0.2, 0.25) is 0 Å². The molecule has 1 fully saturated rings. The van der Waals surface area contributed by atoms with E-state index in [0.29, 0.717) is 42.1 Å². The van der Waals surface area contributed by atoms with Gasteiger partial charge in [-0.05, 0) is 46.3 Å². The molecule has 1 aromatic carbocycles. The largest absolute Gasteiger partial charge is 0.465 e. The quantitative estimate of drug-likeness (QED) is 0.721. The van der Waals surface area contributed by atoms with Crippen LogP contribution in [0.25, 0.3) is 0 Å². The molecule has 148 valence electrons. The number of nitrogens with zero attached hydrogens (tertiary/aromatic N) is 2. The van der Waals surface area contributed by atoms with Gasteiger partial charge in [0.05, 0.1) is 24.0 Å². The maximum absolute atomic E-state index is 12.5. The third-order valence-corrected chi connectivity index (χ3v) is 4.95. The topological polar surface area (TPSA) is 92.1 Å². The van der Waals surface area contributed by atoms with Crippen LogP contribution in [0.4, 0.5) is 11.4 Å². The van der Waals surface area contributed by atoms with Crippen molar-refractivity contribution in [1.82, 2.24) is 4.90 Å². The van der Waals surface area contributed by atoms with Crippen LogP contribution in [0.5, 0.6) is 0 Å². The second-order valence-corrected chi connectivity index (χ2v) is 7.06. The first-order chi connectivity index (χ1) is 13.4. The standard InChI is InChI=1S/C19H20BrN3O5/c1-12(24)22-7-9-23(10-8-22)15-4-3-13(19(26)27-2)11-14(15)21-18(25)16-5-6-17(20)28-16/h3-6,11H,7-10H2,1-2H3,(H,21,25). The first-order valence-electron chi connectivity index (χ1n) is 8.68. The third kappa shape index (κ3) is 4.36. The zero-order valence-electron chi connectivity index (χ0n) is 15.5. The van der Waals surface area contributed by atoms with Crippen LogP contribution in [0, 0.1) is 0 Å². The average Bonchev–Trinajstić information content (AvgIpc) is 3.14. The number of carbonyl (C=O) groups is 3. The highest BCUT2D eigenvalue weighted by Gasteiger charge is 2.23. The fourth-order valence-electron chi connectivity index (χ4n) is 3.04. The molecule has 0 bridgehead atoms. The lowest BCUT2D eigenvalue weighted by atomic mass is 10.1. The Bertz CT molecular complexity index is 903. The number of methoxy groups -OCH3 is 1. The van der Waals surface area contributed by atoms with Crippen molar-refractivity contribution in [1.29, 1.82) is 0 Å². The lowest BCUT2D eigenvalue weighted by molar-refractivity contribution is -0.129. The van der Waals surface area contributed by atoms with Gasteiger partial charge in [0.25, 0.3) is 5.91 Å². The van der Waals surface area contributed by atoms with Crippen molar-refractivity contribution in [3.63, 3.8) is 0 Å². The maximum atomic E-state index is 12.5. The smallest absolute Gasteiger partial charge is 0.337 e. The first kappa shape index (κ1) is 19.9. The molecule has 9 heteroatoms. The number of furan rings is 1. The Balaban J connectivity index is 1.87. The molecule has 3 rings (SSSR count). The lowest BCUT2D eigenvalue weighted by Crippen LogP contribution is -2.48. The van der Waals surface area contributed by atoms with Gasteiger partial charge in [0.2, 0.25) is 5.91 Å². The number of hydrogen-bond donors (Lipinski definition) is 1. The number of esters is 1. The average molecular weight is 450 g/mol. The monoisotopic (exact) mass is 449 g/mol. The Kier molecular flexibility index (Phi) is 6.03. The molecule has 28 heavy (non-hydrogen) atoms. The Labute approximate surface area is 170 Å². The molecule has 8 nitrogen and oxygen atoms in total. The lowest BCUT2D eigenvalue weighted by Gasteiger charge is -2.36. The number of halogens is 1. The van der Waals surface area contributed by atoms with Gasteiger partial charge in [0.15, 0.2) is 10.4 Å². The van der Waals surface area contributed by atoms with Crippen molar-refractivity contribution >= 4 is 45.1 Å². The maximum Gasteiger partial charge on any atom is 0.337 e. The fourth-order valence-corrected chi connectivity index (χ4v) is 3.35. The molecular formula is C19H20BrN3O5. The number of anilines is 2. The van der Waals surface area contributed by atoms with E-state index >= 15 is 0 Å².